The lowest BCUT2D eigenvalue weighted by Crippen LogP contribution is -2.20. The van der Waals surface area contributed by atoms with E-state index >= 15 is 0 Å². The molecule has 2 amide bonds. The first-order chi connectivity index (χ1) is 16.4. The van der Waals surface area contributed by atoms with Crippen LogP contribution in [0, 0.1) is 5.92 Å². The minimum absolute atomic E-state index is 0.141. The Balaban J connectivity index is 1.35. The van der Waals surface area contributed by atoms with Crippen molar-refractivity contribution in [3.8, 4) is 5.75 Å². The van der Waals surface area contributed by atoms with E-state index in [4.69, 9.17) is 10.5 Å². The first-order valence-corrected chi connectivity index (χ1v) is 13.1. The maximum Gasteiger partial charge on any atom is 0.251 e. The highest BCUT2D eigenvalue weighted by Crippen LogP contribution is 2.39. The van der Waals surface area contributed by atoms with E-state index in [1.54, 1.807) is 0 Å². The van der Waals surface area contributed by atoms with Crippen LogP contribution in [0.25, 0.3) is 0 Å². The maximum absolute atomic E-state index is 12.7. The molecule has 180 valence electrons. The number of fused-ring (bicyclic) bond motifs is 1. The van der Waals surface area contributed by atoms with Gasteiger partial charge in [0.25, 0.3) is 5.91 Å². The molecule has 4 rings (SSSR count). The number of hydrogen-bond donors (Lipinski definition) is 2. The number of carbonyl (C=O) groups excluding carboxylic acids is 2. The van der Waals surface area contributed by atoms with Crippen LogP contribution < -0.4 is 15.8 Å². The summed E-state index contributed by atoms with van der Waals surface area (Å²) in [5, 5.41) is 12.4. The van der Waals surface area contributed by atoms with Gasteiger partial charge in [0, 0.05) is 11.9 Å². The van der Waals surface area contributed by atoms with Gasteiger partial charge in [0.05, 0.1) is 11.3 Å². The molecular formula is C24H29N5O3S2. The highest BCUT2D eigenvalue weighted by Gasteiger charge is 2.27. The summed E-state index contributed by atoms with van der Waals surface area (Å²) >= 11 is 2.75. The van der Waals surface area contributed by atoms with Gasteiger partial charge in [0.15, 0.2) is 11.0 Å². The number of amides is 2. The molecule has 0 fully saturated rings. The summed E-state index contributed by atoms with van der Waals surface area (Å²) in [4.78, 5) is 25.9. The minimum atomic E-state index is -0.489. The number of nitrogens with one attached hydrogen (secondary N) is 1. The van der Waals surface area contributed by atoms with E-state index in [1.165, 1.54) is 28.7 Å². The molecule has 0 aliphatic heterocycles. The number of nitrogens with two attached hydrogens (primary N) is 1. The number of benzene rings is 1. The van der Waals surface area contributed by atoms with Crippen molar-refractivity contribution in [2.24, 2.45) is 18.7 Å². The molecule has 34 heavy (non-hydrogen) atoms. The van der Waals surface area contributed by atoms with Crippen LogP contribution in [0.3, 0.4) is 0 Å². The molecule has 0 saturated carbocycles. The molecule has 0 spiro atoms. The Kier molecular flexibility index (Phi) is 7.57. The number of ether oxygens (including phenoxy) is 1. The number of hydrogen-bond acceptors (Lipinski definition) is 7. The predicted molar refractivity (Wildman–Crippen MR) is 135 cm³/mol. The van der Waals surface area contributed by atoms with Crippen LogP contribution in [-0.2, 0) is 37.7 Å². The standard InChI is InChI=1S/C24H29N5O3S2/c1-4-15-6-8-16(9-7-15)32-12-19-27-28-24(29(19)3)33-13-20(30)26-23-21(22(25)31)17-10-5-14(2)11-18(17)34-23/h6-9,14H,4-5,10-13H2,1-3H3,(H2,25,31)(H,26,30). The number of nitrogens with zero attached hydrogens (tertiary/aromatic N) is 3. The summed E-state index contributed by atoms with van der Waals surface area (Å²) in [5.74, 6) is 1.44. The Morgan fingerprint density at radius 3 is 2.76 bits per heavy atom. The lowest BCUT2D eigenvalue weighted by atomic mass is 9.88. The summed E-state index contributed by atoms with van der Waals surface area (Å²) in [5.41, 5.74) is 8.37. The third kappa shape index (κ3) is 5.44. The number of carbonyl (C=O) groups is 2. The largest absolute Gasteiger partial charge is 0.486 e. The average molecular weight is 500 g/mol. The molecule has 1 unspecified atom stereocenters. The molecule has 2 heterocycles. The Morgan fingerprint density at radius 1 is 1.29 bits per heavy atom. The lowest BCUT2D eigenvalue weighted by Gasteiger charge is -2.18. The highest BCUT2D eigenvalue weighted by atomic mass is 32.2. The summed E-state index contributed by atoms with van der Waals surface area (Å²) in [7, 11) is 1.85. The Morgan fingerprint density at radius 2 is 2.06 bits per heavy atom. The topological polar surface area (TPSA) is 112 Å². The fourth-order valence-corrected chi connectivity index (χ4v) is 6.12. The van der Waals surface area contributed by atoms with Crippen LogP contribution in [0.4, 0.5) is 5.00 Å². The lowest BCUT2D eigenvalue weighted by molar-refractivity contribution is -0.113. The fraction of sp³-hybridized carbons (Fsp3) is 0.417. The number of thioether (sulfide) groups is 1. The molecule has 2 aromatic heterocycles. The zero-order valence-electron chi connectivity index (χ0n) is 19.6. The van der Waals surface area contributed by atoms with Crippen molar-refractivity contribution in [2.75, 3.05) is 11.1 Å². The van der Waals surface area contributed by atoms with E-state index in [2.05, 4.69) is 29.4 Å². The zero-order valence-corrected chi connectivity index (χ0v) is 21.2. The summed E-state index contributed by atoms with van der Waals surface area (Å²) in [6.45, 7) is 4.59. The molecule has 8 nitrogen and oxygen atoms in total. The second kappa shape index (κ2) is 10.6. The third-order valence-corrected chi connectivity index (χ3v) is 8.16. The van der Waals surface area contributed by atoms with E-state index in [9.17, 15) is 9.59 Å². The van der Waals surface area contributed by atoms with Crippen LogP contribution in [0.15, 0.2) is 29.4 Å². The first-order valence-electron chi connectivity index (χ1n) is 11.3. The second-order valence-corrected chi connectivity index (χ2v) is 10.5. The number of thiophene rings is 1. The van der Waals surface area contributed by atoms with Crippen molar-refractivity contribution >= 4 is 39.9 Å². The smallest absolute Gasteiger partial charge is 0.251 e. The van der Waals surface area contributed by atoms with Gasteiger partial charge in [-0.25, -0.2) is 0 Å². The highest BCUT2D eigenvalue weighted by molar-refractivity contribution is 7.99. The number of primary amides is 1. The van der Waals surface area contributed by atoms with Gasteiger partial charge in [-0.2, -0.15) is 0 Å². The number of rotatable bonds is 9. The quantitative estimate of drug-likeness (QED) is 0.431. The van der Waals surface area contributed by atoms with E-state index in [0.717, 1.165) is 41.9 Å². The molecule has 1 atom stereocenters. The molecule has 0 bridgehead atoms. The van der Waals surface area contributed by atoms with E-state index in [-0.39, 0.29) is 18.3 Å². The van der Waals surface area contributed by atoms with Gasteiger partial charge in [-0.1, -0.05) is 37.7 Å². The third-order valence-electron chi connectivity index (χ3n) is 5.97. The Hall–Kier alpha value is -2.85. The van der Waals surface area contributed by atoms with E-state index in [0.29, 0.717) is 27.5 Å². The van der Waals surface area contributed by atoms with Crippen LogP contribution in [0.2, 0.25) is 0 Å². The van der Waals surface area contributed by atoms with Gasteiger partial charge in [0.1, 0.15) is 17.4 Å². The minimum Gasteiger partial charge on any atom is -0.486 e. The summed E-state index contributed by atoms with van der Waals surface area (Å²) < 4.78 is 7.64. The van der Waals surface area contributed by atoms with Gasteiger partial charge < -0.3 is 20.4 Å². The predicted octanol–water partition coefficient (Wildman–Crippen LogP) is 3.97. The first kappa shape index (κ1) is 24.3. The van der Waals surface area contributed by atoms with Crippen LogP contribution in [0.5, 0.6) is 5.75 Å². The van der Waals surface area contributed by atoms with Crippen molar-refractivity contribution in [1.29, 1.82) is 0 Å². The Labute approximate surface area is 207 Å². The van der Waals surface area contributed by atoms with Crippen molar-refractivity contribution < 1.29 is 14.3 Å². The number of anilines is 1. The van der Waals surface area contributed by atoms with Crippen molar-refractivity contribution in [1.82, 2.24) is 14.8 Å². The number of aromatic nitrogens is 3. The maximum atomic E-state index is 12.7. The molecule has 0 saturated heterocycles. The molecule has 1 aliphatic carbocycles. The van der Waals surface area contributed by atoms with Gasteiger partial charge in [0.2, 0.25) is 5.91 Å². The van der Waals surface area contributed by atoms with Crippen molar-refractivity contribution in [3.63, 3.8) is 0 Å². The van der Waals surface area contributed by atoms with E-state index < -0.39 is 5.91 Å². The van der Waals surface area contributed by atoms with Crippen LogP contribution in [0.1, 0.15) is 52.5 Å². The fourth-order valence-electron chi connectivity index (χ4n) is 3.96. The molecular weight excluding hydrogens is 470 g/mol. The zero-order chi connectivity index (χ0) is 24.2. The molecule has 3 aromatic rings. The average Bonchev–Trinajstić information content (AvgIpc) is 3.35. The SMILES string of the molecule is CCc1ccc(OCc2nnc(SCC(=O)Nc3sc4c(c3C(N)=O)CCC(C)C4)n2C)cc1. The van der Waals surface area contributed by atoms with Crippen LogP contribution >= 0.6 is 23.1 Å². The monoisotopic (exact) mass is 499 g/mol. The molecule has 0 radical (unpaired) electrons. The molecule has 1 aromatic carbocycles. The van der Waals surface area contributed by atoms with Gasteiger partial charge in [-0.15, -0.1) is 21.5 Å². The Bertz CT molecular complexity index is 1190. The normalized spacial score (nSPS) is 15.1. The van der Waals surface area contributed by atoms with Gasteiger partial charge >= 0.3 is 0 Å². The molecule has 1 aliphatic rings. The van der Waals surface area contributed by atoms with E-state index in [1.807, 2.05) is 35.9 Å². The summed E-state index contributed by atoms with van der Waals surface area (Å²) in [6, 6.07) is 7.97. The second-order valence-electron chi connectivity index (χ2n) is 8.50. The van der Waals surface area contributed by atoms with Gasteiger partial charge in [-0.05, 0) is 54.9 Å². The molecule has 3 N–H and O–H groups in total. The summed E-state index contributed by atoms with van der Waals surface area (Å²) in [6.07, 6.45) is 3.74. The van der Waals surface area contributed by atoms with Crippen molar-refractivity contribution in [3.05, 3.63) is 51.7 Å². The van der Waals surface area contributed by atoms with Gasteiger partial charge in [-0.3, -0.25) is 9.59 Å². The number of aryl methyl sites for hydroxylation is 1. The molecule has 10 heteroatoms. The van der Waals surface area contributed by atoms with Crippen molar-refractivity contribution in [2.45, 2.75) is 51.3 Å². The van der Waals surface area contributed by atoms with Crippen LogP contribution in [-0.4, -0.2) is 32.3 Å².